The first kappa shape index (κ1) is 23.5. The van der Waals surface area contributed by atoms with E-state index in [-0.39, 0.29) is 17.9 Å². The van der Waals surface area contributed by atoms with E-state index in [9.17, 15) is 0 Å². The summed E-state index contributed by atoms with van der Waals surface area (Å²) in [4.78, 5) is 0. The van der Waals surface area contributed by atoms with Crippen molar-refractivity contribution in [1.82, 2.24) is 0 Å². The van der Waals surface area contributed by atoms with E-state index in [1.807, 2.05) is 0 Å². The molecular weight excluding hydrogens is 94.4 g/mol. The molecule has 0 atom stereocenters. The van der Waals surface area contributed by atoms with Gasteiger partial charge in [0.15, 0.2) is 0 Å². The first-order chi connectivity index (χ1) is 1.00. The van der Waals surface area contributed by atoms with Crippen LogP contribution in [0.3, 0.4) is 0 Å². The summed E-state index contributed by atoms with van der Waals surface area (Å²) >= 11 is 1.17. The molecule has 0 spiro atoms. The maximum atomic E-state index is 8.17. The normalized spacial score (nSPS) is 0.750. The van der Waals surface area contributed by atoms with Crippen LogP contribution in [0.5, 0.6) is 0 Å². The second-order valence-electron chi connectivity index (χ2n) is 0. The first-order valence-electron chi connectivity index (χ1n) is 0.236. The van der Waals surface area contributed by atoms with Gasteiger partial charge in [0.25, 0.3) is 0 Å². The van der Waals surface area contributed by atoms with Crippen molar-refractivity contribution in [2.75, 3.05) is 0 Å². The zero-order valence-corrected chi connectivity index (χ0v) is 3.87. The standard InChI is InChI=1S/Al.ClH.H2O.O/h;1H;1H2;. The SMILES string of the molecule is Cl.O.[O]=[Al]. The molecule has 25 valence electrons. The van der Waals surface area contributed by atoms with Gasteiger partial charge in [0, 0.05) is 0 Å². The van der Waals surface area contributed by atoms with Crippen molar-refractivity contribution in [2.24, 2.45) is 0 Å². The van der Waals surface area contributed by atoms with Crippen molar-refractivity contribution in [3.63, 3.8) is 0 Å². The summed E-state index contributed by atoms with van der Waals surface area (Å²) in [7, 11) is 0. The molecule has 0 unspecified atom stereocenters. The van der Waals surface area contributed by atoms with Gasteiger partial charge < -0.3 is 5.48 Å². The average molecular weight is 97.5 g/mol. The Balaban J connectivity index is -0.00000000500. The van der Waals surface area contributed by atoms with Crippen molar-refractivity contribution in [2.45, 2.75) is 0 Å². The molecule has 2 N–H and O–H groups in total. The summed E-state index contributed by atoms with van der Waals surface area (Å²) < 4.78 is 8.17. The molecule has 2 nitrogen and oxygen atoms in total. The van der Waals surface area contributed by atoms with E-state index >= 15 is 0 Å². The van der Waals surface area contributed by atoms with Gasteiger partial charge in [-0.05, 0) is 0 Å². The molecule has 0 aliphatic heterocycles. The fourth-order valence-electron chi connectivity index (χ4n) is 0. The van der Waals surface area contributed by atoms with Crippen molar-refractivity contribution in [3.05, 3.63) is 0 Å². The summed E-state index contributed by atoms with van der Waals surface area (Å²) in [6.45, 7) is 0. The van der Waals surface area contributed by atoms with Gasteiger partial charge in [-0.3, -0.25) is 0 Å². The minimum absolute atomic E-state index is 0. The Morgan fingerprint density at radius 3 is 1.25 bits per heavy atom. The topological polar surface area (TPSA) is 48.6 Å². The maximum absolute atomic E-state index is 8.17. The van der Waals surface area contributed by atoms with E-state index in [1.165, 1.54) is 16.2 Å². The average Bonchev–Trinajstić information content (AvgIpc) is 1.00. The van der Waals surface area contributed by atoms with Crippen LogP contribution in [0.1, 0.15) is 0 Å². The molecule has 0 heterocycles. The Labute approximate surface area is 38.5 Å². The van der Waals surface area contributed by atoms with Gasteiger partial charge in [0.05, 0.1) is 0 Å². The van der Waals surface area contributed by atoms with E-state index in [4.69, 9.17) is 3.80 Å². The molecule has 0 aromatic rings. The zero-order valence-electron chi connectivity index (χ0n) is 1.89. The van der Waals surface area contributed by atoms with E-state index in [0.29, 0.717) is 0 Å². The van der Waals surface area contributed by atoms with Gasteiger partial charge >= 0.3 is 20.0 Å². The molecule has 0 aromatic heterocycles. The molecule has 0 saturated heterocycles. The Bertz CT molecular complexity index is 6.00. The number of rotatable bonds is 0. The van der Waals surface area contributed by atoms with Crippen molar-refractivity contribution in [1.29, 1.82) is 0 Å². The monoisotopic (exact) mass is 97.0 g/mol. The van der Waals surface area contributed by atoms with Gasteiger partial charge in [0.2, 0.25) is 0 Å². The molecule has 0 aliphatic carbocycles. The van der Waals surface area contributed by atoms with Gasteiger partial charge in [0.1, 0.15) is 0 Å². The molecular formula is H3AlClO2. The van der Waals surface area contributed by atoms with Crippen LogP contribution in [-0.4, -0.2) is 21.7 Å². The summed E-state index contributed by atoms with van der Waals surface area (Å²) in [5.74, 6) is 0. The molecule has 0 saturated carbocycles. The van der Waals surface area contributed by atoms with Crippen molar-refractivity contribution < 1.29 is 9.28 Å². The van der Waals surface area contributed by atoms with Gasteiger partial charge in [-0.2, -0.15) is 0 Å². The molecule has 4 heavy (non-hydrogen) atoms. The van der Waals surface area contributed by atoms with Crippen molar-refractivity contribution in [3.8, 4) is 0 Å². The summed E-state index contributed by atoms with van der Waals surface area (Å²) in [6, 6.07) is 0. The van der Waals surface area contributed by atoms with Crippen LogP contribution in [0.4, 0.5) is 0 Å². The van der Waals surface area contributed by atoms with Gasteiger partial charge in [-0.1, -0.05) is 0 Å². The second-order valence-corrected chi connectivity index (χ2v) is 0. The molecule has 0 bridgehead atoms. The quantitative estimate of drug-likeness (QED) is 0.361. The molecule has 4 heteroatoms. The van der Waals surface area contributed by atoms with Crippen LogP contribution in [0, 0.1) is 0 Å². The zero-order chi connectivity index (χ0) is 2.00. The Kier molecular flexibility index (Phi) is 413. The van der Waals surface area contributed by atoms with Crippen LogP contribution in [0.25, 0.3) is 0 Å². The third-order valence-electron chi connectivity index (χ3n) is 0. The molecule has 0 amide bonds. The van der Waals surface area contributed by atoms with Gasteiger partial charge in [-0.25, -0.2) is 0 Å². The minimum atomic E-state index is 0. The first-order valence-corrected chi connectivity index (χ1v) is 0.707. The second kappa shape index (κ2) is 70.4. The van der Waals surface area contributed by atoms with Crippen LogP contribution >= 0.6 is 12.4 Å². The van der Waals surface area contributed by atoms with E-state index in [0.717, 1.165) is 0 Å². The predicted octanol–water partition coefficient (Wildman–Crippen LogP) is -0.903. The van der Waals surface area contributed by atoms with Gasteiger partial charge in [-0.15, -0.1) is 12.4 Å². The van der Waals surface area contributed by atoms with Crippen molar-refractivity contribution >= 4 is 28.6 Å². The summed E-state index contributed by atoms with van der Waals surface area (Å²) in [6.07, 6.45) is 0. The third kappa shape index (κ3) is 19.1. The number of hydrogen-bond acceptors (Lipinski definition) is 1. The molecule has 0 aromatic carbocycles. The fraction of sp³-hybridized carbons (Fsp3) is 0. The number of halogens is 1. The van der Waals surface area contributed by atoms with E-state index in [1.54, 1.807) is 0 Å². The van der Waals surface area contributed by atoms with Crippen LogP contribution < -0.4 is 0 Å². The van der Waals surface area contributed by atoms with E-state index < -0.39 is 0 Å². The van der Waals surface area contributed by atoms with Crippen LogP contribution in [0.15, 0.2) is 0 Å². The Morgan fingerprint density at radius 2 is 1.25 bits per heavy atom. The Hall–Kier alpha value is 0.582. The third-order valence-corrected chi connectivity index (χ3v) is 0. The molecule has 0 fully saturated rings. The fourth-order valence-corrected chi connectivity index (χ4v) is 0. The van der Waals surface area contributed by atoms with Crippen LogP contribution in [0.2, 0.25) is 0 Å². The summed E-state index contributed by atoms with van der Waals surface area (Å²) in [5.41, 5.74) is 0. The molecule has 1 radical (unpaired) electrons. The van der Waals surface area contributed by atoms with E-state index in [2.05, 4.69) is 0 Å². The predicted molar refractivity (Wildman–Crippen MR) is 17.3 cm³/mol. The molecule has 0 aliphatic rings. The summed E-state index contributed by atoms with van der Waals surface area (Å²) in [5, 5.41) is 0. The molecule has 0 rings (SSSR count). The van der Waals surface area contributed by atoms with Crippen LogP contribution in [-0.2, 0) is 3.80 Å². The number of hydrogen-bond donors (Lipinski definition) is 0. The Morgan fingerprint density at radius 1 is 1.25 bits per heavy atom.